The zero-order valence-electron chi connectivity index (χ0n) is 72.5. The van der Waals surface area contributed by atoms with Gasteiger partial charge in [0.15, 0.2) is 17.2 Å². The maximum atomic E-state index is 14.8. The lowest BCUT2D eigenvalue weighted by atomic mass is 9.80. The van der Waals surface area contributed by atoms with E-state index in [1.54, 1.807) is 59.3 Å². The first-order valence-electron chi connectivity index (χ1n) is 42.6. The van der Waals surface area contributed by atoms with E-state index in [2.05, 4.69) is 44.5 Å². The van der Waals surface area contributed by atoms with Gasteiger partial charge in [-0.3, -0.25) is 33.2 Å². The minimum Gasteiger partial charge on any atom is -0.496 e. The van der Waals surface area contributed by atoms with E-state index >= 15 is 0 Å². The summed E-state index contributed by atoms with van der Waals surface area (Å²) in [5.41, 5.74) is 9.32. The van der Waals surface area contributed by atoms with E-state index in [0.29, 0.717) is 132 Å². The molecule has 0 bridgehead atoms. The number of piperidine rings is 4. The number of methoxy groups -OCH3 is 3. The number of aromatic nitrogens is 7. The molecular weight excluding hydrogens is 1670 g/mol. The molecule has 12 aromatic rings. The molecule has 664 valence electrons. The highest BCUT2D eigenvalue weighted by molar-refractivity contribution is 6.30. The largest absolute Gasteiger partial charge is 0.496 e. The van der Waals surface area contributed by atoms with Crippen LogP contribution in [-0.2, 0) is 36.5 Å². The SMILES string of the molecule is CC(C)n1ncc2c1-c1ccccc1OC21CCN(C(=O)c2ccccc2OC(F)F)CC1.COc1c(C(=O)N2CCC3(CC2)Oc2ccccc2-c2c3cnn2C)ccc(F)c1F.COc1cccc(OC)c1C(=O)N1CCC2(CC1)Oc1cc(Cl)ccc1-n1cccc12.Cn1ncc2c1-c1ccccc1OC21CCN(C(=O)c2ccc(OC(C)(C)C)cc2F)CC1. The third-order valence-electron chi connectivity index (χ3n) is 25.2. The minimum atomic E-state index is -2.99. The molecule has 0 N–H and O–H groups in total. The standard InChI is InChI=1S/C26H28FN3O3.C25H25F2N3O3.C24H23ClN2O4.C23H21F2N3O3/c1-25(2,3)32-17-9-10-18(21(27)15-17)24(31)30-13-11-26(12-14-30)20-16-28-29(4)23(20)19-7-5-6-8-22(19)33-26;1-16(2)30-22-17-7-3-6-10-21(17)33-25(19(22)15-28-30)11-13-29(14-12-25)23(31)18-8-4-5-9-20(18)32-24(26)27;1-29-18-5-3-6-19(30-2)22(18)23(28)26-13-10-24(11-14-26)21-7-4-12-27(21)17-9-8-16(25)15-20(17)31-24;1-27-20-14-5-3-4-6-18(14)31-23(16(20)13-26-27)9-11-28(12-10-23)22(29)15-7-8-17(24)19(25)21(15)30-2/h5-10,15-16H,11-14H2,1-4H3;3-10,15-16,24H,11-14H2,1-2H3;3-9,12,15H,10-11,13-14H2,1-2H3;3-8,13H,9-12H2,1-2H3. The molecule has 0 saturated carbocycles. The maximum Gasteiger partial charge on any atom is 0.387 e. The molecular formula is C98H97ClF5N11O13. The topological polar surface area (TPSA) is 223 Å². The van der Waals surface area contributed by atoms with E-state index in [4.69, 9.17) is 49.5 Å². The predicted octanol–water partition coefficient (Wildman–Crippen LogP) is 18.8. The Hall–Kier alpha value is -13.3. The monoisotopic (exact) mass is 1770 g/mol. The third kappa shape index (κ3) is 16.1. The molecule has 0 aliphatic carbocycles. The number of ether oxygens (including phenoxy) is 9. The average molecular weight is 1770 g/mol. The van der Waals surface area contributed by atoms with E-state index in [0.717, 1.165) is 90.9 Å². The van der Waals surface area contributed by atoms with Crippen molar-refractivity contribution < 1.29 is 83.8 Å². The van der Waals surface area contributed by atoms with Gasteiger partial charge in [-0.25, -0.2) is 8.78 Å². The van der Waals surface area contributed by atoms with Gasteiger partial charge in [-0.15, -0.1) is 0 Å². The summed E-state index contributed by atoms with van der Waals surface area (Å²) in [7, 11) is 8.18. The van der Waals surface area contributed by atoms with Gasteiger partial charge in [-0.1, -0.05) is 66.2 Å². The number of hydrogen-bond acceptors (Lipinski definition) is 16. The Morgan fingerprint density at radius 1 is 0.453 bits per heavy atom. The minimum absolute atomic E-state index is 0.00863. The van der Waals surface area contributed by atoms with Gasteiger partial charge in [-0.05, 0) is 144 Å². The van der Waals surface area contributed by atoms with Crippen LogP contribution in [0.2, 0.25) is 5.02 Å². The van der Waals surface area contributed by atoms with Crippen molar-refractivity contribution in [2.24, 2.45) is 14.1 Å². The second kappa shape index (κ2) is 34.8. The number of halogens is 6. The van der Waals surface area contributed by atoms with E-state index in [-0.39, 0.29) is 52.0 Å². The molecule has 0 radical (unpaired) electrons. The summed E-state index contributed by atoms with van der Waals surface area (Å²) in [6.45, 7) is 10.6. The first-order valence-corrected chi connectivity index (χ1v) is 43.0. The number of alkyl halides is 2. The molecule has 30 heteroatoms. The Labute approximate surface area is 742 Å². The van der Waals surface area contributed by atoms with E-state index < -0.39 is 58.0 Å². The molecule has 20 rings (SSSR count). The number of nitrogens with zero attached hydrogens (tertiary/aromatic N) is 11. The van der Waals surface area contributed by atoms with Gasteiger partial charge >= 0.3 is 6.61 Å². The van der Waals surface area contributed by atoms with Gasteiger partial charge in [0, 0.05) is 181 Å². The van der Waals surface area contributed by atoms with Crippen molar-refractivity contribution in [3.05, 3.63) is 268 Å². The number of amides is 4. The predicted molar refractivity (Wildman–Crippen MR) is 468 cm³/mol. The van der Waals surface area contributed by atoms with Gasteiger partial charge in [0.05, 0.1) is 85.1 Å². The number of hydrogen-bond donors (Lipinski definition) is 0. The number of aryl methyl sites for hydroxylation is 2. The van der Waals surface area contributed by atoms with Crippen LogP contribution >= 0.6 is 11.6 Å². The normalized spacial score (nSPS) is 16.5. The first kappa shape index (κ1) is 86.8. The van der Waals surface area contributed by atoms with Crippen LogP contribution in [-0.4, -0.2) is 163 Å². The quantitative estimate of drug-likeness (QED) is 0.110. The molecule has 4 saturated heterocycles. The van der Waals surface area contributed by atoms with Crippen LogP contribution in [0.5, 0.6) is 51.7 Å². The fourth-order valence-corrected chi connectivity index (χ4v) is 19.1. The zero-order chi connectivity index (χ0) is 89.9. The summed E-state index contributed by atoms with van der Waals surface area (Å²) in [6, 6.07) is 51.9. The molecule has 0 atom stereocenters. The fraction of sp³-hybridized carbons (Fsp3) is 0.337. The molecule has 0 unspecified atom stereocenters. The maximum absolute atomic E-state index is 14.8. The van der Waals surface area contributed by atoms with Gasteiger partial charge in [0.1, 0.15) is 79.8 Å². The summed E-state index contributed by atoms with van der Waals surface area (Å²) >= 11 is 6.23. The molecule has 4 fully saturated rings. The molecule has 8 aromatic carbocycles. The van der Waals surface area contributed by atoms with Crippen LogP contribution in [0.4, 0.5) is 22.0 Å². The summed E-state index contributed by atoms with van der Waals surface area (Å²) in [5, 5.41) is 14.2. The second-order valence-electron chi connectivity index (χ2n) is 34.1. The first-order chi connectivity index (χ1) is 61.6. The number of carbonyl (C=O) groups is 4. The molecule has 128 heavy (non-hydrogen) atoms. The highest BCUT2D eigenvalue weighted by Gasteiger charge is 2.51. The molecule has 8 aliphatic rings. The number of para-hydroxylation sites is 4. The van der Waals surface area contributed by atoms with Crippen LogP contribution in [0.25, 0.3) is 39.5 Å². The van der Waals surface area contributed by atoms with Crippen LogP contribution < -0.4 is 42.6 Å². The summed E-state index contributed by atoms with van der Waals surface area (Å²) in [4.78, 5) is 59.6. The summed E-state index contributed by atoms with van der Waals surface area (Å²) in [5.74, 6) is 0.232. The number of likely N-dealkylation sites (tertiary alicyclic amines) is 4. The van der Waals surface area contributed by atoms with Crippen LogP contribution in [0.15, 0.2) is 201 Å². The number of carbonyl (C=O) groups excluding carboxylic acids is 4. The molecule has 4 amide bonds. The number of fused-ring (bicyclic) bond motifs is 16. The lowest BCUT2D eigenvalue weighted by Crippen LogP contribution is -2.50. The number of rotatable bonds is 11. The highest BCUT2D eigenvalue weighted by Crippen LogP contribution is 2.55. The Bertz CT molecular complexity index is 6200. The van der Waals surface area contributed by atoms with Crippen molar-refractivity contribution in [1.82, 2.24) is 53.5 Å². The molecule has 12 heterocycles. The molecule has 8 aliphatic heterocycles. The third-order valence-corrected chi connectivity index (χ3v) is 25.4. The van der Waals surface area contributed by atoms with Crippen LogP contribution in [0, 0.1) is 17.5 Å². The van der Waals surface area contributed by atoms with E-state index in [1.807, 2.05) is 182 Å². The summed E-state index contributed by atoms with van der Waals surface area (Å²) < 4.78 is 128. The van der Waals surface area contributed by atoms with Crippen molar-refractivity contribution in [1.29, 1.82) is 0 Å². The van der Waals surface area contributed by atoms with Gasteiger partial charge in [-0.2, -0.15) is 28.5 Å². The molecule has 4 aromatic heterocycles. The van der Waals surface area contributed by atoms with Gasteiger partial charge in [0.2, 0.25) is 5.82 Å². The highest BCUT2D eigenvalue weighted by atomic mass is 35.5. The smallest absolute Gasteiger partial charge is 0.387 e. The Balaban J connectivity index is 0.000000120. The zero-order valence-corrected chi connectivity index (χ0v) is 73.3. The van der Waals surface area contributed by atoms with Crippen molar-refractivity contribution in [3.8, 4) is 91.2 Å². The molecule has 24 nitrogen and oxygen atoms in total. The van der Waals surface area contributed by atoms with Crippen molar-refractivity contribution >= 4 is 35.2 Å². The van der Waals surface area contributed by atoms with Crippen molar-refractivity contribution in [3.63, 3.8) is 0 Å². The Morgan fingerprint density at radius 2 is 0.898 bits per heavy atom. The van der Waals surface area contributed by atoms with Gasteiger partial charge < -0.3 is 66.8 Å². The molecule has 4 spiro atoms. The van der Waals surface area contributed by atoms with E-state index in [1.165, 1.54) is 37.4 Å². The van der Waals surface area contributed by atoms with Gasteiger partial charge in [0.25, 0.3) is 23.6 Å². The lowest BCUT2D eigenvalue weighted by Gasteiger charge is -2.45. The fourth-order valence-electron chi connectivity index (χ4n) is 18.9. The Morgan fingerprint density at radius 3 is 1.40 bits per heavy atom. The summed E-state index contributed by atoms with van der Waals surface area (Å²) in [6.07, 6.45) is 12.4. The van der Waals surface area contributed by atoms with Crippen molar-refractivity contribution in [2.75, 3.05) is 73.7 Å². The van der Waals surface area contributed by atoms with Crippen molar-refractivity contribution in [2.45, 2.75) is 127 Å². The Kier molecular flexibility index (Phi) is 23.6. The average Bonchev–Trinajstić information content (AvgIpc) is 1.47. The van der Waals surface area contributed by atoms with Crippen LogP contribution in [0.1, 0.15) is 156 Å². The van der Waals surface area contributed by atoms with Crippen LogP contribution in [0.3, 0.4) is 0 Å². The van der Waals surface area contributed by atoms with E-state index in [9.17, 15) is 41.1 Å². The second-order valence-corrected chi connectivity index (χ2v) is 34.6. The lowest BCUT2D eigenvalue weighted by molar-refractivity contribution is -0.0504. The number of benzene rings is 8.